The highest BCUT2D eigenvalue weighted by atomic mass is 32.2. The second-order valence-corrected chi connectivity index (χ2v) is 7.02. The molecular formula is C9H21NO3S2. The van der Waals surface area contributed by atoms with E-state index in [4.69, 9.17) is 5.11 Å². The fraction of sp³-hybridized carbons (Fsp3) is 1.00. The summed E-state index contributed by atoms with van der Waals surface area (Å²) in [6.07, 6.45) is 3.82. The molecule has 0 aromatic rings. The molecule has 0 spiro atoms. The molecule has 0 heterocycles. The fourth-order valence-corrected chi connectivity index (χ4v) is 2.55. The van der Waals surface area contributed by atoms with Crippen molar-refractivity contribution in [3.8, 4) is 0 Å². The molecule has 0 aromatic heterocycles. The van der Waals surface area contributed by atoms with Crippen molar-refractivity contribution in [2.24, 2.45) is 0 Å². The summed E-state index contributed by atoms with van der Waals surface area (Å²) >= 11 is 1.61. The molecule has 0 saturated heterocycles. The van der Waals surface area contributed by atoms with Gasteiger partial charge in [0.05, 0.1) is 12.4 Å². The van der Waals surface area contributed by atoms with Crippen LogP contribution in [0.4, 0.5) is 0 Å². The Morgan fingerprint density at radius 2 is 2.07 bits per heavy atom. The molecular weight excluding hydrogens is 234 g/mol. The van der Waals surface area contributed by atoms with E-state index in [2.05, 4.69) is 5.32 Å². The van der Waals surface area contributed by atoms with Crippen LogP contribution in [0.5, 0.6) is 0 Å². The first-order valence-corrected chi connectivity index (χ1v) is 8.30. The van der Waals surface area contributed by atoms with Gasteiger partial charge in [0, 0.05) is 17.5 Å². The molecule has 0 aliphatic rings. The maximum Gasteiger partial charge on any atom is 0.147 e. The molecule has 0 fully saturated rings. The monoisotopic (exact) mass is 255 g/mol. The fourth-order valence-electron chi connectivity index (χ4n) is 1.23. The van der Waals surface area contributed by atoms with Gasteiger partial charge in [-0.2, -0.15) is 11.8 Å². The van der Waals surface area contributed by atoms with E-state index in [0.717, 1.165) is 0 Å². The summed E-state index contributed by atoms with van der Waals surface area (Å²) in [6.45, 7) is 2.81. The zero-order valence-corrected chi connectivity index (χ0v) is 11.2. The highest BCUT2D eigenvalue weighted by Crippen LogP contribution is 2.09. The van der Waals surface area contributed by atoms with Gasteiger partial charge in [-0.3, -0.25) is 0 Å². The molecule has 2 unspecified atom stereocenters. The van der Waals surface area contributed by atoms with E-state index in [0.29, 0.717) is 13.0 Å². The predicted octanol–water partition coefficient (Wildman–Crippen LogP) is 0.123. The third-order valence-electron chi connectivity index (χ3n) is 2.20. The Bertz CT molecular complexity index is 250. The van der Waals surface area contributed by atoms with Crippen LogP contribution < -0.4 is 5.32 Å². The Hall–Kier alpha value is 0.220. The molecule has 0 amide bonds. The summed E-state index contributed by atoms with van der Waals surface area (Å²) in [7, 11) is -2.85. The molecule has 0 aliphatic heterocycles. The summed E-state index contributed by atoms with van der Waals surface area (Å²) in [5.41, 5.74) is 0. The number of hydrogen-bond donors (Lipinski definition) is 2. The Morgan fingerprint density at radius 3 is 2.47 bits per heavy atom. The lowest BCUT2D eigenvalue weighted by molar-refractivity contribution is 0.276. The first-order chi connectivity index (χ1) is 6.90. The number of aliphatic hydroxyl groups is 1. The second-order valence-electron chi connectivity index (χ2n) is 3.68. The summed E-state index contributed by atoms with van der Waals surface area (Å²) in [6, 6.07) is 0.199. The van der Waals surface area contributed by atoms with Crippen LogP contribution in [0, 0.1) is 0 Å². The van der Waals surface area contributed by atoms with E-state index in [-0.39, 0.29) is 23.7 Å². The average molecular weight is 255 g/mol. The normalized spacial score (nSPS) is 16.3. The van der Waals surface area contributed by atoms with Crippen molar-refractivity contribution < 1.29 is 13.5 Å². The van der Waals surface area contributed by atoms with Gasteiger partial charge < -0.3 is 10.4 Å². The molecule has 0 aromatic carbocycles. The maximum atomic E-state index is 10.9. The topological polar surface area (TPSA) is 66.4 Å². The molecule has 0 aliphatic carbocycles. The number of rotatable bonds is 8. The Labute approximate surface area is 96.8 Å². The molecule has 2 N–H and O–H groups in total. The minimum Gasteiger partial charge on any atom is -0.395 e. The number of sulfone groups is 1. The van der Waals surface area contributed by atoms with Crippen molar-refractivity contribution in [1.82, 2.24) is 5.32 Å². The van der Waals surface area contributed by atoms with Crippen LogP contribution in [0.2, 0.25) is 0 Å². The van der Waals surface area contributed by atoms with Crippen molar-refractivity contribution in [1.29, 1.82) is 0 Å². The predicted molar refractivity (Wildman–Crippen MR) is 66.2 cm³/mol. The molecule has 0 bridgehead atoms. The van der Waals surface area contributed by atoms with Gasteiger partial charge in [-0.25, -0.2) is 8.42 Å². The minimum absolute atomic E-state index is 0.140. The van der Waals surface area contributed by atoms with Gasteiger partial charge in [0.2, 0.25) is 0 Å². The number of aliphatic hydroxyl groups excluding tert-OH is 1. The lowest BCUT2D eigenvalue weighted by atomic mass is 10.2. The number of hydrogen-bond acceptors (Lipinski definition) is 5. The Balaban J connectivity index is 3.67. The van der Waals surface area contributed by atoms with Crippen LogP contribution in [0.15, 0.2) is 0 Å². The lowest BCUT2D eigenvalue weighted by Gasteiger charge is -2.21. The van der Waals surface area contributed by atoms with Crippen LogP contribution in [0.1, 0.15) is 13.3 Å². The van der Waals surface area contributed by atoms with Crippen molar-refractivity contribution in [2.45, 2.75) is 24.6 Å². The highest BCUT2D eigenvalue weighted by Gasteiger charge is 2.14. The quantitative estimate of drug-likeness (QED) is 0.603. The van der Waals surface area contributed by atoms with E-state index < -0.39 is 9.84 Å². The van der Waals surface area contributed by atoms with Gasteiger partial charge in [-0.1, -0.05) is 0 Å². The molecule has 2 atom stereocenters. The highest BCUT2D eigenvalue weighted by molar-refractivity contribution is 7.99. The van der Waals surface area contributed by atoms with E-state index in [1.54, 1.807) is 11.8 Å². The van der Waals surface area contributed by atoms with Crippen LogP contribution in [0.25, 0.3) is 0 Å². The van der Waals surface area contributed by atoms with Gasteiger partial charge in [0.1, 0.15) is 9.84 Å². The van der Waals surface area contributed by atoms with Crippen molar-refractivity contribution >= 4 is 21.6 Å². The van der Waals surface area contributed by atoms with Gasteiger partial charge >= 0.3 is 0 Å². The third kappa shape index (κ3) is 8.07. The summed E-state index contributed by atoms with van der Waals surface area (Å²) < 4.78 is 21.7. The average Bonchev–Trinajstić information content (AvgIpc) is 2.13. The van der Waals surface area contributed by atoms with Gasteiger partial charge in [0.25, 0.3) is 0 Å². The smallest absolute Gasteiger partial charge is 0.147 e. The van der Waals surface area contributed by atoms with Crippen molar-refractivity contribution in [3.63, 3.8) is 0 Å². The first-order valence-electron chi connectivity index (χ1n) is 4.95. The third-order valence-corrected chi connectivity index (χ3v) is 4.39. The van der Waals surface area contributed by atoms with E-state index >= 15 is 0 Å². The molecule has 92 valence electrons. The molecule has 0 saturated carbocycles. The van der Waals surface area contributed by atoms with Gasteiger partial charge in [-0.15, -0.1) is 0 Å². The zero-order chi connectivity index (χ0) is 11.9. The standard InChI is InChI=1S/C9H21NO3S2/c1-8(9(7-11)14-2)10-5-4-6-15(3,12)13/h8-11H,4-7H2,1-3H3. The number of thioether (sulfide) groups is 1. The largest absolute Gasteiger partial charge is 0.395 e. The van der Waals surface area contributed by atoms with E-state index in [1.165, 1.54) is 6.26 Å². The van der Waals surface area contributed by atoms with Crippen molar-refractivity contribution in [2.75, 3.05) is 31.4 Å². The van der Waals surface area contributed by atoms with Crippen LogP contribution in [-0.4, -0.2) is 56.2 Å². The van der Waals surface area contributed by atoms with Crippen LogP contribution in [-0.2, 0) is 9.84 Å². The SMILES string of the molecule is CSC(CO)C(C)NCCCS(C)(=O)=O. The zero-order valence-electron chi connectivity index (χ0n) is 9.56. The lowest BCUT2D eigenvalue weighted by Crippen LogP contribution is -2.38. The number of nitrogens with one attached hydrogen (secondary N) is 1. The van der Waals surface area contributed by atoms with Gasteiger partial charge in [-0.05, 0) is 26.1 Å². The van der Waals surface area contributed by atoms with Crippen molar-refractivity contribution in [3.05, 3.63) is 0 Å². The Morgan fingerprint density at radius 1 is 1.47 bits per heavy atom. The minimum atomic E-state index is -2.85. The molecule has 6 heteroatoms. The molecule has 4 nitrogen and oxygen atoms in total. The molecule has 0 rings (SSSR count). The van der Waals surface area contributed by atoms with E-state index in [9.17, 15) is 8.42 Å². The van der Waals surface area contributed by atoms with Crippen LogP contribution in [0.3, 0.4) is 0 Å². The maximum absolute atomic E-state index is 10.9. The second kappa shape index (κ2) is 7.49. The summed E-state index contributed by atoms with van der Waals surface area (Å²) in [4.78, 5) is 0. The van der Waals surface area contributed by atoms with Crippen LogP contribution >= 0.6 is 11.8 Å². The summed E-state index contributed by atoms with van der Waals surface area (Å²) in [5, 5.41) is 12.4. The summed E-state index contributed by atoms with van der Waals surface area (Å²) in [5.74, 6) is 0.218. The Kier molecular flexibility index (Phi) is 7.60. The van der Waals surface area contributed by atoms with Gasteiger partial charge in [0.15, 0.2) is 0 Å². The molecule has 15 heavy (non-hydrogen) atoms. The van der Waals surface area contributed by atoms with E-state index in [1.807, 2.05) is 13.2 Å². The first kappa shape index (κ1) is 15.2. The molecule has 0 radical (unpaired) electrons.